The van der Waals surface area contributed by atoms with Crippen molar-refractivity contribution in [2.24, 2.45) is 11.3 Å². The molecule has 12 heteroatoms. The number of nitrogens with zero attached hydrogens (tertiary/aromatic N) is 3. The zero-order valence-corrected chi connectivity index (χ0v) is 23.2. The van der Waals surface area contributed by atoms with Gasteiger partial charge in [0.05, 0.1) is 25.9 Å². The molecule has 3 heterocycles. The van der Waals surface area contributed by atoms with Gasteiger partial charge in [0, 0.05) is 31.3 Å². The van der Waals surface area contributed by atoms with E-state index in [1.807, 2.05) is 45.9 Å². The van der Waals surface area contributed by atoms with Crippen molar-refractivity contribution in [3.63, 3.8) is 0 Å². The maximum Gasteiger partial charge on any atom is 0.407 e. The molecule has 0 unspecified atom stereocenters. The first-order valence-electron chi connectivity index (χ1n) is 12.6. The highest BCUT2D eigenvalue weighted by atomic mass is 32.2. The second-order valence-electron chi connectivity index (χ2n) is 10.7. The van der Waals surface area contributed by atoms with Crippen molar-refractivity contribution in [3.05, 3.63) is 35.7 Å². The Kier molecular flexibility index (Phi) is 8.74. The van der Waals surface area contributed by atoms with Crippen LogP contribution in [0.25, 0.3) is 0 Å². The van der Waals surface area contributed by atoms with Crippen molar-refractivity contribution >= 4 is 17.5 Å². The van der Waals surface area contributed by atoms with Gasteiger partial charge >= 0.3 is 17.5 Å². The van der Waals surface area contributed by atoms with Gasteiger partial charge in [-0.1, -0.05) is 26.8 Å². The molecule has 0 radical (unpaired) electrons. The fraction of sp³-hybridized carbons (Fsp3) is 0.577. The minimum atomic E-state index is -1.66. The van der Waals surface area contributed by atoms with E-state index in [4.69, 9.17) is 22.6 Å². The molecule has 0 spiro atoms. The normalized spacial score (nSPS) is 24.1. The van der Waals surface area contributed by atoms with Gasteiger partial charge < -0.3 is 24.2 Å². The van der Waals surface area contributed by atoms with Crippen LogP contribution in [0.15, 0.2) is 24.5 Å². The number of carboxylic acid groups (broad SMARTS) is 1. The lowest BCUT2D eigenvalue weighted by molar-refractivity contribution is 0.0113. The molecule has 2 fully saturated rings. The lowest BCUT2D eigenvalue weighted by Crippen LogP contribution is -2.53. The monoisotopic (exact) mass is 549 g/mol. The molecule has 2 aliphatic heterocycles. The molecule has 2 aliphatic rings. The van der Waals surface area contributed by atoms with E-state index in [0.29, 0.717) is 67.8 Å². The van der Waals surface area contributed by atoms with Crippen LogP contribution in [-0.4, -0.2) is 69.3 Å². The summed E-state index contributed by atoms with van der Waals surface area (Å²) < 4.78 is 39.3. The Hall–Kier alpha value is -2.96. The largest absolute Gasteiger partial charge is 0.493 e. The molecular weight excluding hydrogens is 514 g/mol. The van der Waals surface area contributed by atoms with Crippen molar-refractivity contribution < 1.29 is 36.7 Å². The zero-order valence-electron chi connectivity index (χ0n) is 22.3. The maximum atomic E-state index is 11.7. The van der Waals surface area contributed by atoms with Gasteiger partial charge in [0.15, 0.2) is 11.5 Å². The third kappa shape index (κ3) is 6.72. The Balaban J connectivity index is 1.46. The molecular formula is C26H35N3O8S. The number of aromatic nitrogens is 2. The van der Waals surface area contributed by atoms with Crippen LogP contribution in [0.5, 0.6) is 23.3 Å². The van der Waals surface area contributed by atoms with Crippen molar-refractivity contribution in [2.75, 3.05) is 26.9 Å². The lowest BCUT2D eigenvalue weighted by atomic mass is 9.80. The number of hydrogen-bond donors (Lipinski definition) is 1. The predicted molar refractivity (Wildman–Crippen MR) is 139 cm³/mol. The predicted octanol–water partition coefficient (Wildman–Crippen LogP) is 4.31. The third-order valence-corrected chi connectivity index (χ3v) is 7.49. The Bertz CT molecular complexity index is 1160. The van der Waals surface area contributed by atoms with Gasteiger partial charge in [0.1, 0.15) is 12.4 Å². The minimum absolute atomic E-state index is 0.0910. The summed E-state index contributed by atoms with van der Waals surface area (Å²) in [5.41, 5.74) is 1.41. The summed E-state index contributed by atoms with van der Waals surface area (Å²) in [6.45, 7) is 9.06. The minimum Gasteiger partial charge on any atom is -0.493 e. The number of amides is 1. The standard InChI is InChI=1S/C26H35N3O8S/c1-16-23(36-19-8-9-29(25(30)31)22(12-19)26(2,3)4)27-15-28-24(16)37-20-7-6-17(11-21(20)33-5)10-18-13-34-38(32)35-14-18/h6-7,11,15,18-19,22H,8-10,12-14H2,1-5H3,(H,30,31)/t18?,19-,22+,38?/m0/s1. The summed E-state index contributed by atoms with van der Waals surface area (Å²) in [6.07, 6.45) is 2.11. The highest BCUT2D eigenvalue weighted by molar-refractivity contribution is 7.75. The summed E-state index contributed by atoms with van der Waals surface area (Å²) in [5.74, 6) is 1.87. The zero-order chi connectivity index (χ0) is 27.4. The summed E-state index contributed by atoms with van der Waals surface area (Å²) in [6, 6.07) is 5.46. The van der Waals surface area contributed by atoms with Crippen molar-refractivity contribution in [1.29, 1.82) is 0 Å². The molecule has 11 nitrogen and oxygen atoms in total. The summed E-state index contributed by atoms with van der Waals surface area (Å²) in [4.78, 5) is 21.9. The number of rotatable bonds is 7. The van der Waals surface area contributed by atoms with Gasteiger partial charge in [-0.3, -0.25) is 8.37 Å². The number of benzene rings is 1. The van der Waals surface area contributed by atoms with E-state index in [0.717, 1.165) is 5.56 Å². The fourth-order valence-electron chi connectivity index (χ4n) is 4.75. The second kappa shape index (κ2) is 11.8. The van der Waals surface area contributed by atoms with E-state index in [1.165, 1.54) is 11.2 Å². The molecule has 2 aromatic rings. The van der Waals surface area contributed by atoms with E-state index in [-0.39, 0.29) is 23.5 Å². The highest BCUT2D eigenvalue weighted by Gasteiger charge is 2.39. The van der Waals surface area contributed by atoms with Crippen molar-refractivity contribution in [2.45, 2.75) is 59.1 Å². The summed E-state index contributed by atoms with van der Waals surface area (Å²) >= 11 is -1.66. The number of hydrogen-bond acceptors (Lipinski definition) is 9. The van der Waals surface area contributed by atoms with E-state index in [9.17, 15) is 14.1 Å². The van der Waals surface area contributed by atoms with Crippen LogP contribution in [0, 0.1) is 18.3 Å². The van der Waals surface area contributed by atoms with E-state index >= 15 is 0 Å². The molecule has 208 valence electrons. The van der Waals surface area contributed by atoms with Gasteiger partial charge in [-0.25, -0.2) is 14.8 Å². The molecule has 0 saturated carbocycles. The van der Waals surface area contributed by atoms with Gasteiger partial charge in [-0.15, -0.1) is 0 Å². The number of methoxy groups -OCH3 is 1. The third-order valence-electron chi connectivity index (χ3n) is 6.83. The van der Waals surface area contributed by atoms with E-state index < -0.39 is 17.5 Å². The van der Waals surface area contributed by atoms with E-state index in [2.05, 4.69) is 9.97 Å². The first-order valence-corrected chi connectivity index (χ1v) is 13.6. The Morgan fingerprint density at radius 1 is 1.18 bits per heavy atom. The molecule has 2 saturated heterocycles. The van der Waals surface area contributed by atoms with Crippen LogP contribution >= 0.6 is 0 Å². The van der Waals surface area contributed by atoms with E-state index in [1.54, 1.807) is 7.11 Å². The quantitative estimate of drug-likeness (QED) is 0.533. The molecule has 1 aromatic heterocycles. The van der Waals surface area contributed by atoms with Crippen LogP contribution in [0.2, 0.25) is 0 Å². The number of piperidine rings is 1. The molecule has 0 aliphatic carbocycles. The van der Waals surface area contributed by atoms with Crippen LogP contribution in [0.4, 0.5) is 4.79 Å². The van der Waals surface area contributed by atoms with Crippen molar-refractivity contribution in [1.82, 2.24) is 14.9 Å². The smallest absolute Gasteiger partial charge is 0.407 e. The topological polar surface area (TPSA) is 130 Å². The first kappa shape index (κ1) is 28.1. The molecule has 1 N–H and O–H groups in total. The molecule has 1 amide bonds. The van der Waals surface area contributed by atoms with Gasteiger partial charge in [0.25, 0.3) is 0 Å². The lowest BCUT2D eigenvalue weighted by Gasteiger charge is -2.44. The number of carbonyl (C=O) groups is 1. The van der Waals surface area contributed by atoms with Gasteiger partial charge in [-0.2, -0.15) is 4.21 Å². The fourth-order valence-corrected chi connectivity index (χ4v) is 5.43. The molecule has 0 bridgehead atoms. The molecule has 4 rings (SSSR count). The van der Waals surface area contributed by atoms with Crippen LogP contribution in [-0.2, 0) is 26.1 Å². The van der Waals surface area contributed by atoms with Gasteiger partial charge in [0.2, 0.25) is 11.8 Å². The Labute approximate surface area is 225 Å². The summed E-state index contributed by atoms with van der Waals surface area (Å²) in [5, 5.41) is 9.64. The Morgan fingerprint density at radius 3 is 2.55 bits per heavy atom. The maximum absolute atomic E-state index is 11.7. The Morgan fingerprint density at radius 2 is 1.89 bits per heavy atom. The summed E-state index contributed by atoms with van der Waals surface area (Å²) in [7, 11) is 1.57. The van der Waals surface area contributed by atoms with Crippen molar-refractivity contribution in [3.8, 4) is 23.3 Å². The molecule has 1 aromatic carbocycles. The van der Waals surface area contributed by atoms with Crippen LogP contribution in [0.3, 0.4) is 0 Å². The average Bonchev–Trinajstić information content (AvgIpc) is 2.88. The number of likely N-dealkylation sites (tertiary alicyclic amines) is 1. The first-order chi connectivity index (χ1) is 18.0. The average molecular weight is 550 g/mol. The number of ether oxygens (including phenoxy) is 3. The SMILES string of the molecule is COc1cc(CC2COS(=O)OC2)ccc1Oc1ncnc(O[C@H]2CCN(C(=O)O)[C@@H](C(C)(C)C)C2)c1C. The molecule has 38 heavy (non-hydrogen) atoms. The van der Waals surface area contributed by atoms with Crippen LogP contribution in [0.1, 0.15) is 44.7 Å². The molecule has 2 atom stereocenters. The highest BCUT2D eigenvalue weighted by Crippen LogP contribution is 2.37. The second-order valence-corrected chi connectivity index (χ2v) is 11.5. The van der Waals surface area contributed by atoms with Crippen LogP contribution < -0.4 is 14.2 Å². The van der Waals surface area contributed by atoms with Gasteiger partial charge in [-0.05, 0) is 36.5 Å².